The molecular formula is C16H28N4. The van der Waals surface area contributed by atoms with Gasteiger partial charge < -0.3 is 10.2 Å². The summed E-state index contributed by atoms with van der Waals surface area (Å²) in [4.78, 5) is 9.42. The van der Waals surface area contributed by atoms with E-state index in [1.54, 1.807) is 0 Å². The molecular weight excluding hydrogens is 248 g/mol. The van der Waals surface area contributed by atoms with Crippen molar-refractivity contribution < 1.29 is 0 Å². The Labute approximate surface area is 123 Å². The van der Waals surface area contributed by atoms with Crippen LogP contribution in [0, 0.1) is 6.92 Å². The van der Waals surface area contributed by atoms with Crippen molar-refractivity contribution in [3.8, 4) is 0 Å². The zero-order chi connectivity index (χ0) is 14.8. The minimum Gasteiger partial charge on any atom is -0.368 e. The number of pyridine rings is 1. The Kier molecular flexibility index (Phi) is 4.66. The minimum absolute atomic E-state index is 0.213. The van der Waals surface area contributed by atoms with Crippen LogP contribution in [0.1, 0.15) is 32.0 Å². The summed E-state index contributed by atoms with van der Waals surface area (Å²) in [6, 6.07) is 2.23. The lowest BCUT2D eigenvalue weighted by Gasteiger charge is -2.46. The van der Waals surface area contributed by atoms with Crippen molar-refractivity contribution >= 4 is 5.69 Å². The lowest BCUT2D eigenvalue weighted by molar-refractivity contribution is 0.138. The van der Waals surface area contributed by atoms with Crippen LogP contribution in [0.4, 0.5) is 5.69 Å². The molecule has 0 bridgehead atoms. The van der Waals surface area contributed by atoms with Crippen LogP contribution in [0.5, 0.6) is 0 Å². The van der Waals surface area contributed by atoms with Crippen molar-refractivity contribution in [2.45, 2.75) is 39.8 Å². The summed E-state index contributed by atoms with van der Waals surface area (Å²) in [7, 11) is 2.22. The average Bonchev–Trinajstić information content (AvgIpc) is 2.40. The van der Waals surface area contributed by atoms with Crippen molar-refractivity contribution in [1.82, 2.24) is 15.2 Å². The van der Waals surface area contributed by atoms with Gasteiger partial charge in [-0.1, -0.05) is 6.92 Å². The van der Waals surface area contributed by atoms with Gasteiger partial charge in [-0.15, -0.1) is 0 Å². The van der Waals surface area contributed by atoms with E-state index >= 15 is 0 Å². The predicted molar refractivity (Wildman–Crippen MR) is 85.3 cm³/mol. The molecule has 0 saturated carbocycles. The molecule has 1 aliphatic heterocycles. The Bertz CT molecular complexity index is 456. The van der Waals surface area contributed by atoms with Gasteiger partial charge in [-0.05, 0) is 40.4 Å². The first-order valence-corrected chi connectivity index (χ1v) is 7.56. The van der Waals surface area contributed by atoms with E-state index in [0.29, 0.717) is 0 Å². The fourth-order valence-electron chi connectivity index (χ4n) is 2.71. The van der Waals surface area contributed by atoms with Gasteiger partial charge in [-0.2, -0.15) is 0 Å². The van der Waals surface area contributed by atoms with Crippen LogP contribution in [0.3, 0.4) is 0 Å². The molecule has 1 aliphatic rings. The summed E-state index contributed by atoms with van der Waals surface area (Å²) in [5.41, 5.74) is 3.96. The second kappa shape index (κ2) is 6.10. The fraction of sp³-hybridized carbons (Fsp3) is 0.688. The molecule has 2 rings (SSSR count). The molecule has 1 saturated heterocycles. The number of rotatable bonds is 4. The summed E-state index contributed by atoms with van der Waals surface area (Å²) < 4.78 is 0. The number of nitrogens with one attached hydrogen (secondary N) is 1. The molecule has 2 heterocycles. The van der Waals surface area contributed by atoms with Gasteiger partial charge in [0.1, 0.15) is 0 Å². The van der Waals surface area contributed by atoms with E-state index in [9.17, 15) is 0 Å². The van der Waals surface area contributed by atoms with Crippen molar-refractivity contribution in [2.75, 3.05) is 38.1 Å². The molecule has 0 radical (unpaired) electrons. The van der Waals surface area contributed by atoms with Crippen LogP contribution in [-0.4, -0.2) is 48.6 Å². The molecule has 1 fully saturated rings. The van der Waals surface area contributed by atoms with Crippen molar-refractivity contribution in [3.05, 3.63) is 23.5 Å². The number of hydrogen-bond acceptors (Lipinski definition) is 4. The minimum atomic E-state index is 0.213. The first kappa shape index (κ1) is 15.3. The molecule has 0 amide bonds. The Balaban J connectivity index is 2.24. The maximum Gasteiger partial charge on any atom is 0.0446 e. The van der Waals surface area contributed by atoms with E-state index in [1.807, 2.05) is 6.20 Å². The molecule has 1 aromatic rings. The molecule has 20 heavy (non-hydrogen) atoms. The highest BCUT2D eigenvalue weighted by Gasteiger charge is 2.31. The highest BCUT2D eigenvalue weighted by molar-refractivity contribution is 5.54. The van der Waals surface area contributed by atoms with Gasteiger partial charge in [0.15, 0.2) is 0 Å². The van der Waals surface area contributed by atoms with Gasteiger partial charge in [-0.3, -0.25) is 9.88 Å². The second-order valence-electron chi connectivity index (χ2n) is 6.39. The monoisotopic (exact) mass is 276 g/mol. The number of likely N-dealkylation sites (N-methyl/N-ethyl adjacent to an activating group) is 1. The third-order valence-electron chi connectivity index (χ3n) is 4.32. The first-order chi connectivity index (χ1) is 9.44. The third kappa shape index (κ3) is 3.30. The first-order valence-electron chi connectivity index (χ1n) is 7.56. The van der Waals surface area contributed by atoms with Crippen LogP contribution in [0.25, 0.3) is 0 Å². The van der Waals surface area contributed by atoms with Gasteiger partial charge in [-0.25, -0.2) is 0 Å². The molecule has 0 aliphatic carbocycles. The van der Waals surface area contributed by atoms with E-state index in [2.05, 4.69) is 60.9 Å². The molecule has 0 spiro atoms. The SMILES string of the molecule is CCNCc1cnc(C)cc1N1CCN(C)C(C)(C)C1. The Morgan fingerprint density at radius 1 is 1.35 bits per heavy atom. The van der Waals surface area contributed by atoms with Gasteiger partial charge in [0.2, 0.25) is 0 Å². The Morgan fingerprint density at radius 2 is 2.10 bits per heavy atom. The molecule has 0 atom stereocenters. The maximum absolute atomic E-state index is 4.46. The van der Waals surface area contributed by atoms with Crippen LogP contribution < -0.4 is 10.2 Å². The molecule has 1 N–H and O–H groups in total. The van der Waals surface area contributed by atoms with E-state index in [0.717, 1.165) is 38.4 Å². The van der Waals surface area contributed by atoms with Crippen molar-refractivity contribution in [2.24, 2.45) is 0 Å². The Morgan fingerprint density at radius 3 is 2.75 bits per heavy atom. The zero-order valence-electron chi connectivity index (χ0n) is 13.5. The van der Waals surface area contributed by atoms with Crippen molar-refractivity contribution in [1.29, 1.82) is 0 Å². The smallest absolute Gasteiger partial charge is 0.0446 e. The van der Waals surface area contributed by atoms with Crippen LogP contribution >= 0.6 is 0 Å². The van der Waals surface area contributed by atoms with Gasteiger partial charge in [0, 0.05) is 54.9 Å². The molecule has 0 unspecified atom stereocenters. The molecule has 0 aromatic carbocycles. The summed E-state index contributed by atoms with van der Waals surface area (Å²) >= 11 is 0. The normalized spacial score (nSPS) is 19.4. The highest BCUT2D eigenvalue weighted by Crippen LogP contribution is 2.27. The predicted octanol–water partition coefficient (Wildman–Crippen LogP) is 2.03. The number of nitrogens with zero attached hydrogens (tertiary/aromatic N) is 3. The van der Waals surface area contributed by atoms with Gasteiger partial charge in [0.05, 0.1) is 0 Å². The summed E-state index contributed by atoms with van der Waals surface area (Å²) in [5.74, 6) is 0. The van der Waals surface area contributed by atoms with Gasteiger partial charge in [0.25, 0.3) is 0 Å². The van der Waals surface area contributed by atoms with E-state index in [4.69, 9.17) is 0 Å². The fourth-order valence-corrected chi connectivity index (χ4v) is 2.71. The number of anilines is 1. The zero-order valence-corrected chi connectivity index (χ0v) is 13.5. The Hall–Kier alpha value is -1.13. The van der Waals surface area contributed by atoms with Crippen LogP contribution in [-0.2, 0) is 6.54 Å². The molecule has 1 aromatic heterocycles. The molecule has 4 nitrogen and oxygen atoms in total. The average molecular weight is 276 g/mol. The van der Waals surface area contributed by atoms with Crippen LogP contribution in [0.15, 0.2) is 12.3 Å². The number of aromatic nitrogens is 1. The summed E-state index contributed by atoms with van der Waals surface area (Å²) in [5, 5.41) is 3.42. The lowest BCUT2D eigenvalue weighted by Crippen LogP contribution is -2.58. The van der Waals surface area contributed by atoms with E-state index in [1.165, 1.54) is 11.3 Å². The summed E-state index contributed by atoms with van der Waals surface area (Å²) in [6.45, 7) is 14.0. The standard InChI is InChI=1S/C16H28N4/c1-6-17-10-14-11-18-13(2)9-15(14)20-8-7-19(5)16(3,4)12-20/h9,11,17H,6-8,10,12H2,1-5H3. The third-order valence-corrected chi connectivity index (χ3v) is 4.32. The van der Waals surface area contributed by atoms with Gasteiger partial charge >= 0.3 is 0 Å². The molecule has 112 valence electrons. The largest absolute Gasteiger partial charge is 0.368 e. The quantitative estimate of drug-likeness (QED) is 0.912. The number of aryl methyl sites for hydroxylation is 1. The lowest BCUT2D eigenvalue weighted by atomic mass is 9.98. The van der Waals surface area contributed by atoms with E-state index < -0.39 is 0 Å². The second-order valence-corrected chi connectivity index (χ2v) is 6.39. The van der Waals surface area contributed by atoms with E-state index in [-0.39, 0.29) is 5.54 Å². The number of piperazine rings is 1. The number of hydrogen-bond donors (Lipinski definition) is 1. The van der Waals surface area contributed by atoms with Crippen molar-refractivity contribution in [3.63, 3.8) is 0 Å². The highest BCUT2D eigenvalue weighted by atomic mass is 15.3. The summed E-state index contributed by atoms with van der Waals surface area (Å²) in [6.07, 6.45) is 2.03. The molecule has 4 heteroatoms. The van der Waals surface area contributed by atoms with Crippen LogP contribution in [0.2, 0.25) is 0 Å². The maximum atomic E-state index is 4.46. The topological polar surface area (TPSA) is 31.4 Å².